The minimum atomic E-state index is -1.36. The van der Waals surface area contributed by atoms with Gasteiger partial charge < -0.3 is 20.3 Å². The first kappa shape index (κ1) is 25.2. The Balaban J connectivity index is 2.10. The second-order valence-electron chi connectivity index (χ2n) is 9.12. The van der Waals surface area contributed by atoms with Crippen molar-refractivity contribution >= 4 is 17.8 Å². The smallest absolute Gasteiger partial charge is 0.317 e. The van der Waals surface area contributed by atoms with E-state index in [1.807, 2.05) is 0 Å². The lowest BCUT2D eigenvalue weighted by atomic mass is 9.86. The van der Waals surface area contributed by atoms with Crippen molar-refractivity contribution in [1.29, 1.82) is 0 Å². The average molecular weight is 481 g/mol. The molecule has 184 valence electrons. The van der Waals surface area contributed by atoms with Crippen LogP contribution in [-0.4, -0.2) is 63.5 Å². The third-order valence-corrected chi connectivity index (χ3v) is 5.56. The first-order chi connectivity index (χ1) is 15.8. The highest BCUT2D eigenvalue weighted by atomic mass is 19.2. The van der Waals surface area contributed by atoms with Crippen LogP contribution >= 0.6 is 0 Å². The Morgan fingerprint density at radius 3 is 2.35 bits per heavy atom. The van der Waals surface area contributed by atoms with Crippen molar-refractivity contribution in [3.8, 4) is 11.4 Å². The van der Waals surface area contributed by atoms with Crippen LogP contribution in [-0.2, 0) is 22.7 Å². The van der Waals surface area contributed by atoms with Crippen LogP contribution in [0.3, 0.4) is 0 Å². The molecule has 3 N–H and O–H groups in total. The van der Waals surface area contributed by atoms with E-state index in [1.54, 1.807) is 25.7 Å². The fourth-order valence-corrected chi connectivity index (χ4v) is 3.85. The lowest BCUT2D eigenvalue weighted by molar-refractivity contribution is -0.138. The number of imidazole rings is 1. The number of aromatic nitrogens is 2. The molecule has 9 nitrogen and oxygen atoms in total. The zero-order chi connectivity index (χ0) is 25.4. The topological polar surface area (TPSA) is 117 Å². The van der Waals surface area contributed by atoms with Crippen LogP contribution in [0.2, 0.25) is 0 Å². The molecule has 0 saturated heterocycles. The molecule has 1 aromatic carbocycles. The number of amides is 2. The molecule has 2 heterocycles. The van der Waals surface area contributed by atoms with Gasteiger partial charge in [0.15, 0.2) is 17.3 Å². The van der Waals surface area contributed by atoms with Gasteiger partial charge in [-0.2, -0.15) is 0 Å². The first-order valence-corrected chi connectivity index (χ1v) is 10.5. The van der Waals surface area contributed by atoms with Crippen LogP contribution in [0.25, 0.3) is 11.4 Å². The van der Waals surface area contributed by atoms with Gasteiger partial charge in [0, 0.05) is 32.7 Å². The largest absolute Gasteiger partial charge is 0.480 e. The molecule has 1 atom stereocenters. The zero-order valence-corrected chi connectivity index (χ0v) is 19.2. The van der Waals surface area contributed by atoms with Crippen LogP contribution < -0.4 is 10.6 Å². The quantitative estimate of drug-likeness (QED) is 0.542. The summed E-state index contributed by atoms with van der Waals surface area (Å²) in [6.45, 7) is 5.34. The summed E-state index contributed by atoms with van der Waals surface area (Å²) in [5, 5.41) is 14.3. The number of fused-ring (bicyclic) bond motifs is 1. The van der Waals surface area contributed by atoms with Gasteiger partial charge in [-0.3, -0.25) is 19.3 Å². The predicted molar refractivity (Wildman–Crippen MR) is 115 cm³/mol. The highest BCUT2D eigenvalue weighted by molar-refractivity contribution is 5.98. The molecule has 0 unspecified atom stereocenters. The molecule has 34 heavy (non-hydrogen) atoms. The molecule has 0 aliphatic carbocycles. The van der Waals surface area contributed by atoms with Crippen molar-refractivity contribution in [2.45, 2.75) is 39.9 Å². The van der Waals surface area contributed by atoms with Gasteiger partial charge in [-0.05, 0) is 11.5 Å². The van der Waals surface area contributed by atoms with Gasteiger partial charge in [-0.15, -0.1) is 0 Å². The van der Waals surface area contributed by atoms with Gasteiger partial charge in [0.2, 0.25) is 5.91 Å². The number of likely N-dealkylation sites (N-methyl/N-ethyl adjacent to an activating group) is 1. The summed E-state index contributed by atoms with van der Waals surface area (Å²) >= 11 is 0. The van der Waals surface area contributed by atoms with Gasteiger partial charge in [0.05, 0.1) is 17.8 Å². The van der Waals surface area contributed by atoms with E-state index < -0.39 is 46.7 Å². The van der Waals surface area contributed by atoms with Crippen LogP contribution in [0.5, 0.6) is 0 Å². The minimum Gasteiger partial charge on any atom is -0.480 e. The van der Waals surface area contributed by atoms with Crippen molar-refractivity contribution in [2.75, 3.05) is 20.1 Å². The monoisotopic (exact) mass is 481 g/mol. The van der Waals surface area contributed by atoms with Gasteiger partial charge in [-0.1, -0.05) is 20.8 Å². The number of carboxylic acids is 1. The van der Waals surface area contributed by atoms with Crippen molar-refractivity contribution in [2.24, 2.45) is 5.41 Å². The third-order valence-electron chi connectivity index (χ3n) is 5.56. The molecule has 12 heteroatoms. The second kappa shape index (κ2) is 9.45. The Hall–Kier alpha value is -3.41. The van der Waals surface area contributed by atoms with E-state index in [4.69, 9.17) is 5.11 Å². The summed E-state index contributed by atoms with van der Waals surface area (Å²) in [6.07, 6.45) is 0. The van der Waals surface area contributed by atoms with Crippen molar-refractivity contribution in [1.82, 2.24) is 25.1 Å². The number of hydrogen-bond donors (Lipinski definition) is 3. The summed E-state index contributed by atoms with van der Waals surface area (Å²) in [6, 6.07) is 0.116. The lowest BCUT2D eigenvalue weighted by Gasteiger charge is -2.30. The highest BCUT2D eigenvalue weighted by Gasteiger charge is 2.35. The number of hydrogen-bond acceptors (Lipinski definition) is 5. The predicted octanol–water partition coefficient (Wildman–Crippen LogP) is 1.76. The molecule has 2 amide bonds. The molecule has 1 aromatic heterocycles. The van der Waals surface area contributed by atoms with Crippen LogP contribution in [0, 0.1) is 22.9 Å². The number of aliphatic carboxylic acids is 1. The summed E-state index contributed by atoms with van der Waals surface area (Å²) in [4.78, 5) is 42.6. The molecule has 0 radical (unpaired) electrons. The molecule has 3 rings (SSSR count). The zero-order valence-electron chi connectivity index (χ0n) is 19.2. The van der Waals surface area contributed by atoms with E-state index in [9.17, 15) is 27.6 Å². The molecule has 1 aliphatic rings. The number of nitrogens with zero attached hydrogens (tertiary/aromatic N) is 3. The van der Waals surface area contributed by atoms with E-state index in [2.05, 4.69) is 15.6 Å². The Bertz CT molecular complexity index is 1140. The maximum absolute atomic E-state index is 14.6. The molecule has 0 fully saturated rings. The van der Waals surface area contributed by atoms with E-state index >= 15 is 0 Å². The summed E-state index contributed by atoms with van der Waals surface area (Å²) in [7, 11) is 1.43. The lowest BCUT2D eigenvalue weighted by Crippen LogP contribution is -2.53. The normalized spacial score (nSPS) is 14.9. The molecule has 1 aliphatic heterocycles. The van der Waals surface area contributed by atoms with E-state index in [1.165, 1.54) is 11.6 Å². The number of rotatable bonds is 6. The van der Waals surface area contributed by atoms with Gasteiger partial charge >= 0.3 is 5.97 Å². The highest BCUT2D eigenvalue weighted by Crippen LogP contribution is 2.30. The van der Waals surface area contributed by atoms with Crippen molar-refractivity contribution in [3.63, 3.8) is 0 Å². The Labute approximate surface area is 194 Å². The molecule has 0 saturated carbocycles. The maximum atomic E-state index is 14.6. The van der Waals surface area contributed by atoms with E-state index in [0.29, 0.717) is 12.1 Å². The number of halogens is 3. The molecule has 0 bridgehead atoms. The van der Waals surface area contributed by atoms with Crippen LogP contribution in [0.15, 0.2) is 12.1 Å². The van der Waals surface area contributed by atoms with E-state index in [0.717, 1.165) is 0 Å². The van der Waals surface area contributed by atoms with Gasteiger partial charge in [-0.25, -0.2) is 18.2 Å². The number of benzene rings is 1. The molecule has 2 aromatic rings. The number of carbonyl (C=O) groups excluding carboxylic acids is 2. The first-order valence-electron chi connectivity index (χ1n) is 10.5. The van der Waals surface area contributed by atoms with Gasteiger partial charge in [0.1, 0.15) is 17.7 Å². The SMILES string of the molecule is CNC(=O)[C@@H](NC(=O)c1nc(-c2cc(F)c(F)cc2F)n2c1CN(CC(=O)O)CC2)C(C)(C)C. The van der Waals surface area contributed by atoms with Crippen molar-refractivity contribution in [3.05, 3.63) is 41.0 Å². The third kappa shape index (κ3) is 5.06. The van der Waals surface area contributed by atoms with E-state index in [-0.39, 0.29) is 49.0 Å². The van der Waals surface area contributed by atoms with Crippen molar-refractivity contribution < 1.29 is 32.7 Å². The standard InChI is InChI=1S/C22H26F3N5O4/c1-22(2,3)18(21(34)26-4)28-20(33)17-15-9-29(10-16(31)32)5-6-30(15)19(27-17)11-7-13(24)14(25)8-12(11)23/h7-8,18H,5-6,9-10H2,1-4H3,(H,26,34)(H,28,33)(H,31,32)/t18-/m1/s1. The molecular formula is C22H26F3N5O4. The number of carboxylic acid groups (broad SMARTS) is 1. The minimum absolute atomic E-state index is 0.00644. The average Bonchev–Trinajstić information content (AvgIpc) is 3.11. The van der Waals surface area contributed by atoms with Gasteiger partial charge in [0.25, 0.3) is 5.91 Å². The summed E-state index contributed by atoms with van der Waals surface area (Å²) < 4.78 is 43.4. The summed E-state index contributed by atoms with van der Waals surface area (Å²) in [5.41, 5.74) is -0.898. The fraction of sp³-hybridized carbons (Fsp3) is 0.455. The van der Waals surface area contributed by atoms with Crippen LogP contribution in [0.1, 0.15) is 37.0 Å². The Morgan fingerprint density at radius 2 is 1.76 bits per heavy atom. The summed E-state index contributed by atoms with van der Waals surface area (Å²) in [5.74, 6) is -6.06. The molecular weight excluding hydrogens is 455 g/mol. The second-order valence-corrected chi connectivity index (χ2v) is 9.12. The van der Waals surface area contributed by atoms with Crippen LogP contribution in [0.4, 0.5) is 13.2 Å². The molecule has 0 spiro atoms. The number of nitrogens with one attached hydrogen (secondary N) is 2. The number of carbonyl (C=O) groups is 3. The Morgan fingerprint density at radius 1 is 1.12 bits per heavy atom. The fourth-order valence-electron chi connectivity index (χ4n) is 3.85. The Kier molecular flexibility index (Phi) is 7.01. The maximum Gasteiger partial charge on any atom is 0.317 e.